The fourth-order valence-corrected chi connectivity index (χ4v) is 3.46. The molecule has 3 heterocycles. The van der Waals surface area contributed by atoms with E-state index in [-0.39, 0.29) is 6.04 Å². The molecule has 0 amide bonds. The second-order valence-corrected chi connectivity index (χ2v) is 7.72. The maximum atomic E-state index is 5.45. The van der Waals surface area contributed by atoms with Gasteiger partial charge in [-0.2, -0.15) is 15.3 Å². The van der Waals surface area contributed by atoms with Crippen LogP contribution < -0.4 is 0 Å². The van der Waals surface area contributed by atoms with Crippen LogP contribution in [-0.2, 0) is 6.54 Å². The minimum atomic E-state index is -0.0929. The highest BCUT2D eigenvalue weighted by Crippen LogP contribution is 2.21. The summed E-state index contributed by atoms with van der Waals surface area (Å²) in [4.78, 5) is 0. The molecule has 0 bridgehead atoms. The van der Waals surface area contributed by atoms with Crippen molar-refractivity contribution in [1.82, 2.24) is 34.3 Å². The van der Waals surface area contributed by atoms with E-state index in [1.54, 1.807) is 12.4 Å². The maximum absolute atomic E-state index is 5.45. The van der Waals surface area contributed by atoms with Gasteiger partial charge in [0.15, 0.2) is 10.6 Å². The van der Waals surface area contributed by atoms with E-state index in [4.69, 9.17) is 12.2 Å². The summed E-state index contributed by atoms with van der Waals surface area (Å²) in [6.45, 7) is 4.80. The number of rotatable bonds is 5. The molecule has 1 unspecified atom stereocenters. The van der Waals surface area contributed by atoms with Crippen LogP contribution in [0.15, 0.2) is 53.5 Å². The summed E-state index contributed by atoms with van der Waals surface area (Å²) in [5.74, 6) is 0.769. The van der Waals surface area contributed by atoms with E-state index in [2.05, 4.69) is 67.5 Å². The van der Waals surface area contributed by atoms with E-state index < -0.39 is 0 Å². The van der Waals surface area contributed by atoms with Gasteiger partial charge in [0.25, 0.3) is 0 Å². The van der Waals surface area contributed by atoms with Crippen molar-refractivity contribution in [2.45, 2.75) is 26.4 Å². The summed E-state index contributed by atoms with van der Waals surface area (Å²) < 4.78 is 7.07. The van der Waals surface area contributed by atoms with Crippen LogP contribution in [0.1, 0.15) is 29.9 Å². The van der Waals surface area contributed by atoms with Crippen LogP contribution >= 0.6 is 28.1 Å². The van der Waals surface area contributed by atoms with Crippen molar-refractivity contribution in [1.29, 1.82) is 0 Å². The quantitative estimate of drug-likeness (QED) is 0.472. The Morgan fingerprint density at radius 2 is 1.93 bits per heavy atom. The van der Waals surface area contributed by atoms with Gasteiger partial charge in [0.1, 0.15) is 6.04 Å². The van der Waals surface area contributed by atoms with Crippen molar-refractivity contribution >= 4 is 28.1 Å². The molecule has 0 saturated carbocycles. The van der Waals surface area contributed by atoms with Gasteiger partial charge in [0.2, 0.25) is 0 Å². The lowest BCUT2D eigenvalue weighted by molar-refractivity contribution is 0.527. The molecule has 0 aliphatic carbocycles. The standard InChI is InChI=1S/C18H18BrN7S/c1-12-3-5-14(6-4-12)9-24-11-16(8-20-24)26-17(22-23-18(26)27)13(2)25-10-15(19)7-21-25/h3-8,10-11,13H,9H2,1-2H3,(H,23,27). The number of benzene rings is 1. The number of aromatic nitrogens is 7. The molecule has 4 rings (SSSR count). The summed E-state index contributed by atoms with van der Waals surface area (Å²) in [6, 6.07) is 8.35. The zero-order valence-corrected chi connectivity index (χ0v) is 17.3. The molecule has 27 heavy (non-hydrogen) atoms. The highest BCUT2D eigenvalue weighted by Gasteiger charge is 2.19. The fraction of sp³-hybridized carbons (Fsp3) is 0.222. The number of halogens is 1. The average Bonchev–Trinajstić information content (AvgIpc) is 3.36. The van der Waals surface area contributed by atoms with Crippen molar-refractivity contribution < 1.29 is 0 Å². The first-order chi connectivity index (χ1) is 13.0. The monoisotopic (exact) mass is 443 g/mol. The number of H-pyrrole nitrogens is 1. The molecule has 7 nitrogen and oxygen atoms in total. The van der Waals surface area contributed by atoms with Crippen LogP contribution in [0.4, 0.5) is 0 Å². The lowest BCUT2D eigenvalue weighted by atomic mass is 10.1. The van der Waals surface area contributed by atoms with Gasteiger partial charge in [0.05, 0.1) is 29.1 Å². The van der Waals surface area contributed by atoms with E-state index in [0.717, 1.165) is 16.0 Å². The van der Waals surface area contributed by atoms with Gasteiger partial charge < -0.3 is 0 Å². The number of hydrogen-bond acceptors (Lipinski definition) is 4. The number of aryl methyl sites for hydroxylation is 1. The second-order valence-electron chi connectivity index (χ2n) is 6.42. The van der Waals surface area contributed by atoms with Crippen LogP contribution in [-0.4, -0.2) is 34.3 Å². The van der Waals surface area contributed by atoms with Gasteiger partial charge in [-0.3, -0.25) is 19.0 Å². The Hall–Kier alpha value is -2.52. The Labute approximate surface area is 169 Å². The largest absolute Gasteiger partial charge is 0.267 e. The van der Waals surface area contributed by atoms with E-state index in [0.29, 0.717) is 11.3 Å². The van der Waals surface area contributed by atoms with E-state index in [9.17, 15) is 0 Å². The Morgan fingerprint density at radius 1 is 1.15 bits per heavy atom. The number of nitrogens with one attached hydrogen (secondary N) is 1. The Morgan fingerprint density at radius 3 is 2.63 bits per heavy atom. The van der Waals surface area contributed by atoms with Crippen molar-refractivity contribution in [3.63, 3.8) is 0 Å². The third-order valence-corrected chi connectivity index (χ3v) is 5.07. The van der Waals surface area contributed by atoms with Crippen molar-refractivity contribution in [3.8, 4) is 5.69 Å². The molecular weight excluding hydrogens is 426 g/mol. The summed E-state index contributed by atoms with van der Waals surface area (Å²) in [5.41, 5.74) is 3.31. The predicted molar refractivity (Wildman–Crippen MR) is 109 cm³/mol. The molecule has 0 radical (unpaired) electrons. The first-order valence-corrected chi connectivity index (χ1v) is 9.67. The molecule has 1 aromatic carbocycles. The van der Waals surface area contributed by atoms with Gasteiger partial charge in [-0.1, -0.05) is 29.8 Å². The molecule has 0 aliphatic rings. The summed E-state index contributed by atoms with van der Waals surface area (Å²) in [5, 5.41) is 16.1. The highest BCUT2D eigenvalue weighted by molar-refractivity contribution is 9.10. The predicted octanol–water partition coefficient (Wildman–Crippen LogP) is 4.05. The second kappa shape index (κ2) is 7.24. The van der Waals surface area contributed by atoms with Gasteiger partial charge in [0, 0.05) is 12.4 Å². The Bertz CT molecular complexity index is 1120. The molecule has 0 fully saturated rings. The Balaban J connectivity index is 1.64. The molecule has 1 atom stereocenters. The first-order valence-electron chi connectivity index (χ1n) is 8.46. The normalized spacial score (nSPS) is 12.4. The van der Waals surface area contributed by atoms with Crippen LogP contribution in [0.2, 0.25) is 0 Å². The van der Waals surface area contributed by atoms with Crippen LogP contribution in [0.25, 0.3) is 5.69 Å². The lowest BCUT2D eigenvalue weighted by Gasteiger charge is -2.12. The van der Waals surface area contributed by atoms with Crippen LogP contribution in [0.3, 0.4) is 0 Å². The molecule has 9 heteroatoms. The molecule has 0 spiro atoms. The van der Waals surface area contributed by atoms with Gasteiger partial charge in [-0.15, -0.1) is 0 Å². The number of aromatic amines is 1. The van der Waals surface area contributed by atoms with E-state index in [1.165, 1.54) is 11.1 Å². The van der Waals surface area contributed by atoms with Crippen molar-refractivity contribution in [2.75, 3.05) is 0 Å². The van der Waals surface area contributed by atoms with E-state index in [1.807, 2.05) is 33.2 Å². The molecule has 0 aliphatic heterocycles. The number of hydrogen-bond donors (Lipinski definition) is 1. The van der Waals surface area contributed by atoms with E-state index >= 15 is 0 Å². The zero-order chi connectivity index (χ0) is 19.0. The first kappa shape index (κ1) is 17.9. The smallest absolute Gasteiger partial charge is 0.200 e. The molecule has 4 aromatic rings. The van der Waals surface area contributed by atoms with Crippen molar-refractivity contribution in [2.24, 2.45) is 0 Å². The molecule has 0 saturated heterocycles. The Kier molecular flexibility index (Phi) is 4.79. The molecule has 138 valence electrons. The van der Waals surface area contributed by atoms with Gasteiger partial charge in [-0.25, -0.2) is 0 Å². The maximum Gasteiger partial charge on any atom is 0.200 e. The zero-order valence-electron chi connectivity index (χ0n) is 14.9. The topological polar surface area (TPSA) is 69.2 Å². The lowest BCUT2D eigenvalue weighted by Crippen LogP contribution is -2.13. The third-order valence-electron chi connectivity index (χ3n) is 4.38. The summed E-state index contributed by atoms with van der Waals surface area (Å²) in [6.07, 6.45) is 7.43. The fourth-order valence-electron chi connectivity index (χ4n) is 2.92. The van der Waals surface area contributed by atoms with Crippen LogP contribution in [0.5, 0.6) is 0 Å². The minimum absolute atomic E-state index is 0.0929. The highest BCUT2D eigenvalue weighted by atomic mass is 79.9. The summed E-state index contributed by atoms with van der Waals surface area (Å²) in [7, 11) is 0. The average molecular weight is 444 g/mol. The van der Waals surface area contributed by atoms with Crippen molar-refractivity contribution in [3.05, 3.63) is 75.2 Å². The third kappa shape index (κ3) is 3.65. The molecule has 3 aromatic heterocycles. The SMILES string of the molecule is Cc1ccc(Cn2cc(-n3c(C(C)n4cc(Br)cn4)n[nH]c3=S)cn2)cc1. The molecular formula is C18H18BrN7S. The van der Waals surface area contributed by atoms with Gasteiger partial charge >= 0.3 is 0 Å². The number of nitrogens with zero attached hydrogens (tertiary/aromatic N) is 6. The summed E-state index contributed by atoms with van der Waals surface area (Å²) >= 11 is 8.88. The van der Waals surface area contributed by atoms with Gasteiger partial charge in [-0.05, 0) is 47.6 Å². The minimum Gasteiger partial charge on any atom is -0.267 e. The molecule has 1 N–H and O–H groups in total. The van der Waals surface area contributed by atoms with Crippen LogP contribution in [0, 0.1) is 11.7 Å².